The monoisotopic (exact) mass is 286 g/mol. The summed E-state index contributed by atoms with van der Waals surface area (Å²) in [4.78, 5) is 4.55. The first kappa shape index (κ1) is 15.7. The van der Waals surface area contributed by atoms with Crippen LogP contribution in [0.15, 0.2) is 12.1 Å². The molecule has 2 N–H and O–H groups in total. The fourth-order valence-corrected chi connectivity index (χ4v) is 3.04. The zero-order chi connectivity index (χ0) is 15.6. The minimum Gasteiger partial charge on any atom is -0.322 e. The molecule has 4 nitrogen and oxygen atoms in total. The highest BCUT2D eigenvalue weighted by molar-refractivity contribution is 5.39. The van der Waals surface area contributed by atoms with Crippen LogP contribution in [-0.2, 0) is 19.4 Å². The zero-order valence-corrected chi connectivity index (χ0v) is 13.8. The first-order valence-electron chi connectivity index (χ1n) is 7.72. The Kier molecular flexibility index (Phi) is 4.78. The Morgan fingerprint density at radius 3 is 2.24 bits per heavy atom. The summed E-state index contributed by atoms with van der Waals surface area (Å²) >= 11 is 0. The normalized spacial score (nSPS) is 12.7. The summed E-state index contributed by atoms with van der Waals surface area (Å²) in [7, 11) is 0. The van der Waals surface area contributed by atoms with Crippen LogP contribution in [0.5, 0.6) is 0 Å². The molecule has 0 amide bonds. The van der Waals surface area contributed by atoms with E-state index in [-0.39, 0.29) is 6.04 Å². The van der Waals surface area contributed by atoms with Gasteiger partial charge in [-0.2, -0.15) is 5.10 Å². The Labute approximate surface area is 127 Å². The van der Waals surface area contributed by atoms with E-state index in [0.717, 1.165) is 24.5 Å². The van der Waals surface area contributed by atoms with Crippen LogP contribution in [0.1, 0.15) is 53.8 Å². The van der Waals surface area contributed by atoms with Gasteiger partial charge in [0.15, 0.2) is 5.82 Å². The Morgan fingerprint density at radius 1 is 1.10 bits per heavy atom. The molecule has 2 aromatic rings. The molecule has 4 heteroatoms. The van der Waals surface area contributed by atoms with Gasteiger partial charge >= 0.3 is 0 Å². The van der Waals surface area contributed by atoms with E-state index in [1.54, 1.807) is 0 Å². The van der Waals surface area contributed by atoms with E-state index >= 15 is 0 Å². The molecule has 0 aliphatic carbocycles. The number of hydrogen-bond donors (Lipinski definition) is 1. The smallest absolute Gasteiger partial charge is 0.150 e. The number of benzene rings is 1. The maximum absolute atomic E-state index is 6.46. The lowest BCUT2D eigenvalue weighted by molar-refractivity contribution is 0.503. The Bertz CT molecular complexity index is 605. The fourth-order valence-electron chi connectivity index (χ4n) is 3.04. The average Bonchev–Trinajstić information content (AvgIpc) is 2.79. The summed E-state index contributed by atoms with van der Waals surface area (Å²) in [6.07, 6.45) is 1.74. The molecule has 114 valence electrons. The Morgan fingerprint density at radius 2 is 1.71 bits per heavy atom. The molecule has 1 aromatic carbocycles. The first-order valence-corrected chi connectivity index (χ1v) is 7.72. The van der Waals surface area contributed by atoms with Gasteiger partial charge in [0.05, 0.1) is 6.54 Å². The van der Waals surface area contributed by atoms with Gasteiger partial charge in [0.25, 0.3) is 0 Å². The van der Waals surface area contributed by atoms with Gasteiger partial charge in [-0.1, -0.05) is 31.5 Å². The largest absolute Gasteiger partial charge is 0.322 e. The fraction of sp³-hybridized carbons (Fsp3) is 0.529. The average molecular weight is 286 g/mol. The summed E-state index contributed by atoms with van der Waals surface area (Å²) in [5.41, 5.74) is 11.5. The van der Waals surface area contributed by atoms with Crippen LogP contribution in [0.3, 0.4) is 0 Å². The Balaban J connectivity index is 2.30. The molecule has 21 heavy (non-hydrogen) atoms. The van der Waals surface area contributed by atoms with Crippen molar-refractivity contribution in [1.82, 2.24) is 14.8 Å². The van der Waals surface area contributed by atoms with Gasteiger partial charge in [-0.15, -0.1) is 0 Å². The second kappa shape index (κ2) is 6.39. The van der Waals surface area contributed by atoms with Crippen molar-refractivity contribution in [2.24, 2.45) is 5.73 Å². The molecule has 0 bridgehead atoms. The molecule has 1 aromatic heterocycles. The van der Waals surface area contributed by atoms with E-state index in [4.69, 9.17) is 5.73 Å². The van der Waals surface area contributed by atoms with Crippen molar-refractivity contribution in [3.8, 4) is 0 Å². The third-order valence-electron chi connectivity index (χ3n) is 3.90. The highest BCUT2D eigenvalue weighted by Crippen LogP contribution is 2.23. The van der Waals surface area contributed by atoms with Crippen LogP contribution in [0.4, 0.5) is 0 Å². The van der Waals surface area contributed by atoms with Gasteiger partial charge in [0.2, 0.25) is 0 Å². The van der Waals surface area contributed by atoms with Gasteiger partial charge in [0, 0.05) is 18.9 Å². The number of nitrogens with two attached hydrogens (primary N) is 1. The molecule has 0 saturated heterocycles. The Hall–Kier alpha value is -1.68. The third kappa shape index (κ3) is 3.32. The molecule has 0 aliphatic rings. The number of aryl methyl sites for hydroxylation is 5. The molecule has 0 saturated carbocycles. The molecule has 1 unspecified atom stereocenters. The minimum atomic E-state index is -0.0534. The number of rotatable bonds is 5. The van der Waals surface area contributed by atoms with Crippen molar-refractivity contribution < 1.29 is 0 Å². The number of nitrogens with zero attached hydrogens (tertiary/aromatic N) is 3. The second-order valence-corrected chi connectivity index (χ2v) is 5.75. The summed E-state index contributed by atoms with van der Waals surface area (Å²) in [6, 6.07) is 4.34. The maximum atomic E-state index is 6.46. The molecule has 0 aliphatic heterocycles. The van der Waals surface area contributed by atoms with Crippen LogP contribution in [0, 0.1) is 20.8 Å². The lowest BCUT2D eigenvalue weighted by atomic mass is 9.94. The highest BCUT2D eigenvalue weighted by atomic mass is 15.3. The van der Waals surface area contributed by atoms with Crippen molar-refractivity contribution >= 4 is 0 Å². The van der Waals surface area contributed by atoms with Crippen LogP contribution < -0.4 is 5.73 Å². The SMILES string of the molecule is CCc1nc(CC)n(CC(N)c2c(C)cc(C)cc2C)n1. The molecule has 1 atom stereocenters. The molecule has 0 fully saturated rings. The first-order chi connectivity index (χ1) is 9.96. The van der Waals surface area contributed by atoms with Gasteiger partial charge < -0.3 is 5.73 Å². The maximum Gasteiger partial charge on any atom is 0.150 e. The van der Waals surface area contributed by atoms with E-state index in [1.165, 1.54) is 22.3 Å². The molecule has 1 heterocycles. The predicted octanol–water partition coefficient (Wildman–Crippen LogP) is 3.03. The lowest BCUT2D eigenvalue weighted by Gasteiger charge is -2.19. The molecule has 2 rings (SSSR count). The lowest BCUT2D eigenvalue weighted by Crippen LogP contribution is -2.22. The van der Waals surface area contributed by atoms with E-state index < -0.39 is 0 Å². The van der Waals surface area contributed by atoms with E-state index in [9.17, 15) is 0 Å². The van der Waals surface area contributed by atoms with E-state index in [2.05, 4.69) is 56.8 Å². The standard InChI is InChI=1S/C17H26N4/c1-6-15-19-16(7-2)21(20-15)10-14(18)17-12(4)8-11(3)9-13(17)5/h8-9,14H,6-7,10,18H2,1-5H3. The third-order valence-corrected chi connectivity index (χ3v) is 3.90. The van der Waals surface area contributed by atoms with E-state index in [0.29, 0.717) is 6.54 Å². The zero-order valence-electron chi connectivity index (χ0n) is 13.8. The molecule has 0 radical (unpaired) electrons. The number of hydrogen-bond acceptors (Lipinski definition) is 3. The van der Waals surface area contributed by atoms with E-state index in [1.807, 2.05) is 4.68 Å². The summed E-state index contributed by atoms with van der Waals surface area (Å²) < 4.78 is 1.97. The molecular weight excluding hydrogens is 260 g/mol. The highest BCUT2D eigenvalue weighted by Gasteiger charge is 2.16. The van der Waals surface area contributed by atoms with Crippen LogP contribution >= 0.6 is 0 Å². The van der Waals surface area contributed by atoms with Gasteiger partial charge in [-0.05, 0) is 37.5 Å². The van der Waals surface area contributed by atoms with Crippen LogP contribution in [0.25, 0.3) is 0 Å². The quantitative estimate of drug-likeness (QED) is 0.919. The van der Waals surface area contributed by atoms with Crippen molar-refractivity contribution in [3.63, 3.8) is 0 Å². The summed E-state index contributed by atoms with van der Waals surface area (Å²) in [5.74, 6) is 1.92. The summed E-state index contributed by atoms with van der Waals surface area (Å²) in [6.45, 7) is 11.3. The molecular formula is C17H26N4. The minimum absolute atomic E-state index is 0.0534. The topological polar surface area (TPSA) is 56.7 Å². The summed E-state index contributed by atoms with van der Waals surface area (Å²) in [5, 5.41) is 4.57. The van der Waals surface area contributed by atoms with Crippen LogP contribution in [-0.4, -0.2) is 14.8 Å². The van der Waals surface area contributed by atoms with Crippen LogP contribution in [0.2, 0.25) is 0 Å². The van der Waals surface area contributed by atoms with Gasteiger partial charge in [0.1, 0.15) is 5.82 Å². The predicted molar refractivity (Wildman–Crippen MR) is 86.4 cm³/mol. The van der Waals surface area contributed by atoms with Gasteiger partial charge in [-0.25, -0.2) is 9.67 Å². The van der Waals surface area contributed by atoms with Crippen molar-refractivity contribution in [2.45, 2.75) is 60.0 Å². The molecule has 0 spiro atoms. The van der Waals surface area contributed by atoms with Gasteiger partial charge in [-0.3, -0.25) is 0 Å². The van der Waals surface area contributed by atoms with Crippen molar-refractivity contribution in [3.05, 3.63) is 46.0 Å². The number of aromatic nitrogens is 3. The van der Waals surface area contributed by atoms with Crippen molar-refractivity contribution in [2.75, 3.05) is 0 Å². The van der Waals surface area contributed by atoms with Crippen molar-refractivity contribution in [1.29, 1.82) is 0 Å². The second-order valence-electron chi connectivity index (χ2n) is 5.75.